The summed E-state index contributed by atoms with van der Waals surface area (Å²) in [6, 6.07) is 8.25. The standard InChI is InChI=1S/C16H19NOS/c1-10-5-6-14(12(3)7-10)9-17-16(18)15-8-11(2)13(4)19-15/h5-8H,9H2,1-4H3,(H,17,18). The summed E-state index contributed by atoms with van der Waals surface area (Å²) < 4.78 is 0. The summed E-state index contributed by atoms with van der Waals surface area (Å²) in [5, 5.41) is 2.99. The number of rotatable bonds is 3. The predicted molar refractivity (Wildman–Crippen MR) is 80.9 cm³/mol. The molecule has 2 rings (SSSR count). The molecule has 0 saturated carbocycles. The highest BCUT2D eigenvalue weighted by Gasteiger charge is 2.10. The van der Waals surface area contributed by atoms with Crippen molar-refractivity contribution in [2.24, 2.45) is 0 Å². The first-order valence-corrected chi connectivity index (χ1v) is 7.20. The van der Waals surface area contributed by atoms with E-state index < -0.39 is 0 Å². The van der Waals surface area contributed by atoms with Gasteiger partial charge in [-0.3, -0.25) is 4.79 Å². The number of benzene rings is 1. The van der Waals surface area contributed by atoms with Crippen LogP contribution >= 0.6 is 11.3 Å². The molecule has 1 aromatic carbocycles. The summed E-state index contributed by atoms with van der Waals surface area (Å²) in [6.45, 7) is 8.81. The van der Waals surface area contributed by atoms with E-state index in [4.69, 9.17) is 0 Å². The second-order valence-corrected chi connectivity index (χ2v) is 6.22. The molecular formula is C16H19NOS. The average molecular weight is 273 g/mol. The van der Waals surface area contributed by atoms with Crippen molar-refractivity contribution in [1.82, 2.24) is 5.32 Å². The minimum Gasteiger partial charge on any atom is -0.347 e. The molecule has 0 unspecified atom stereocenters. The molecule has 1 N–H and O–H groups in total. The molecule has 0 aliphatic rings. The van der Waals surface area contributed by atoms with Gasteiger partial charge in [0.1, 0.15) is 0 Å². The van der Waals surface area contributed by atoms with Gasteiger partial charge in [-0.1, -0.05) is 23.8 Å². The van der Waals surface area contributed by atoms with Gasteiger partial charge in [-0.05, 0) is 50.5 Å². The summed E-state index contributed by atoms with van der Waals surface area (Å²) in [7, 11) is 0. The molecule has 0 fully saturated rings. The SMILES string of the molecule is Cc1ccc(CNC(=O)c2cc(C)c(C)s2)c(C)c1. The van der Waals surface area contributed by atoms with Crippen LogP contribution in [0.4, 0.5) is 0 Å². The molecule has 0 aliphatic carbocycles. The van der Waals surface area contributed by atoms with Crippen LogP contribution in [-0.4, -0.2) is 5.91 Å². The molecule has 3 heteroatoms. The van der Waals surface area contributed by atoms with Crippen LogP contribution in [0.5, 0.6) is 0 Å². The normalized spacial score (nSPS) is 10.5. The van der Waals surface area contributed by atoms with Gasteiger partial charge in [-0.15, -0.1) is 11.3 Å². The number of thiophene rings is 1. The average Bonchev–Trinajstić information content (AvgIpc) is 2.68. The van der Waals surface area contributed by atoms with Gasteiger partial charge in [-0.2, -0.15) is 0 Å². The Morgan fingerprint density at radius 1 is 1.11 bits per heavy atom. The number of hydrogen-bond donors (Lipinski definition) is 1. The Bertz CT molecular complexity index is 594. The van der Waals surface area contributed by atoms with Crippen LogP contribution in [-0.2, 0) is 6.54 Å². The molecule has 0 aliphatic heterocycles. The highest BCUT2D eigenvalue weighted by molar-refractivity contribution is 7.14. The maximum absolute atomic E-state index is 12.1. The summed E-state index contributed by atoms with van der Waals surface area (Å²) in [6.07, 6.45) is 0. The highest BCUT2D eigenvalue weighted by atomic mass is 32.1. The molecule has 1 heterocycles. The van der Waals surface area contributed by atoms with Gasteiger partial charge in [0.15, 0.2) is 0 Å². The molecule has 0 radical (unpaired) electrons. The third kappa shape index (κ3) is 3.24. The first kappa shape index (κ1) is 13.8. The third-order valence-electron chi connectivity index (χ3n) is 3.33. The summed E-state index contributed by atoms with van der Waals surface area (Å²) >= 11 is 1.55. The van der Waals surface area contributed by atoms with Crippen LogP contribution in [0.1, 0.15) is 36.8 Å². The molecule has 1 amide bonds. The van der Waals surface area contributed by atoms with E-state index in [9.17, 15) is 4.79 Å². The molecule has 0 bridgehead atoms. The number of carbonyl (C=O) groups is 1. The van der Waals surface area contributed by atoms with E-state index in [1.165, 1.54) is 27.1 Å². The molecule has 100 valence electrons. The molecule has 19 heavy (non-hydrogen) atoms. The molecule has 2 aromatic rings. The minimum atomic E-state index is 0.0150. The Hall–Kier alpha value is -1.61. The van der Waals surface area contributed by atoms with E-state index in [-0.39, 0.29) is 5.91 Å². The zero-order chi connectivity index (χ0) is 14.0. The first-order chi connectivity index (χ1) is 8.97. The maximum Gasteiger partial charge on any atom is 0.261 e. The van der Waals surface area contributed by atoms with Gasteiger partial charge in [-0.25, -0.2) is 0 Å². The zero-order valence-corrected chi connectivity index (χ0v) is 12.6. The largest absolute Gasteiger partial charge is 0.347 e. The van der Waals surface area contributed by atoms with Crippen LogP contribution in [0.15, 0.2) is 24.3 Å². The highest BCUT2D eigenvalue weighted by Crippen LogP contribution is 2.20. The van der Waals surface area contributed by atoms with Gasteiger partial charge >= 0.3 is 0 Å². The minimum absolute atomic E-state index is 0.0150. The Labute approximate surface area is 118 Å². The molecule has 2 nitrogen and oxygen atoms in total. The van der Waals surface area contributed by atoms with Crippen LogP contribution in [0.2, 0.25) is 0 Å². The van der Waals surface area contributed by atoms with E-state index >= 15 is 0 Å². The van der Waals surface area contributed by atoms with Crippen molar-refractivity contribution in [3.8, 4) is 0 Å². The predicted octanol–water partition coefficient (Wildman–Crippen LogP) is 3.91. The van der Waals surface area contributed by atoms with Crippen LogP contribution in [0.25, 0.3) is 0 Å². The number of amides is 1. The van der Waals surface area contributed by atoms with E-state index in [2.05, 4.69) is 37.4 Å². The van der Waals surface area contributed by atoms with Crippen LogP contribution in [0, 0.1) is 27.7 Å². The first-order valence-electron chi connectivity index (χ1n) is 6.38. The number of aryl methyl sites for hydroxylation is 4. The maximum atomic E-state index is 12.1. The Morgan fingerprint density at radius 3 is 2.42 bits per heavy atom. The van der Waals surface area contributed by atoms with Crippen LogP contribution < -0.4 is 5.32 Å². The van der Waals surface area contributed by atoms with E-state index in [0.29, 0.717) is 6.54 Å². The van der Waals surface area contributed by atoms with Crippen LogP contribution in [0.3, 0.4) is 0 Å². The molecule has 0 spiro atoms. The van der Waals surface area contributed by atoms with Crippen molar-refractivity contribution in [1.29, 1.82) is 0 Å². The lowest BCUT2D eigenvalue weighted by atomic mass is 10.1. The van der Waals surface area contributed by atoms with E-state index in [0.717, 1.165) is 4.88 Å². The third-order valence-corrected chi connectivity index (χ3v) is 4.48. The van der Waals surface area contributed by atoms with Gasteiger partial charge in [0.05, 0.1) is 4.88 Å². The van der Waals surface area contributed by atoms with Gasteiger partial charge in [0.2, 0.25) is 0 Å². The second kappa shape index (κ2) is 5.57. The van der Waals surface area contributed by atoms with Crippen molar-refractivity contribution in [3.63, 3.8) is 0 Å². The lowest BCUT2D eigenvalue weighted by molar-refractivity contribution is 0.0955. The number of carbonyl (C=O) groups excluding carboxylic acids is 1. The topological polar surface area (TPSA) is 29.1 Å². The van der Waals surface area contributed by atoms with Gasteiger partial charge in [0, 0.05) is 11.4 Å². The lowest BCUT2D eigenvalue weighted by Crippen LogP contribution is -2.22. The van der Waals surface area contributed by atoms with Gasteiger partial charge in [0.25, 0.3) is 5.91 Å². The number of hydrogen-bond acceptors (Lipinski definition) is 2. The van der Waals surface area contributed by atoms with Gasteiger partial charge < -0.3 is 5.32 Å². The fourth-order valence-corrected chi connectivity index (χ4v) is 2.94. The Balaban J connectivity index is 2.04. The fourth-order valence-electron chi connectivity index (χ4n) is 1.99. The van der Waals surface area contributed by atoms with Crippen molar-refractivity contribution in [2.75, 3.05) is 0 Å². The fraction of sp³-hybridized carbons (Fsp3) is 0.312. The molecule has 0 atom stereocenters. The summed E-state index contributed by atoms with van der Waals surface area (Å²) in [5.74, 6) is 0.0150. The monoisotopic (exact) mass is 273 g/mol. The quantitative estimate of drug-likeness (QED) is 0.902. The smallest absolute Gasteiger partial charge is 0.261 e. The Kier molecular flexibility index (Phi) is 4.05. The van der Waals surface area contributed by atoms with E-state index in [1.54, 1.807) is 11.3 Å². The Morgan fingerprint density at radius 2 is 1.84 bits per heavy atom. The summed E-state index contributed by atoms with van der Waals surface area (Å²) in [4.78, 5) is 14.1. The van der Waals surface area contributed by atoms with Crippen molar-refractivity contribution in [3.05, 3.63) is 56.3 Å². The second-order valence-electron chi connectivity index (χ2n) is 4.96. The van der Waals surface area contributed by atoms with Crippen molar-refractivity contribution < 1.29 is 4.79 Å². The number of nitrogens with one attached hydrogen (secondary N) is 1. The molecule has 0 saturated heterocycles. The zero-order valence-electron chi connectivity index (χ0n) is 11.8. The summed E-state index contributed by atoms with van der Waals surface area (Å²) in [5.41, 5.74) is 4.82. The van der Waals surface area contributed by atoms with Crippen molar-refractivity contribution >= 4 is 17.2 Å². The van der Waals surface area contributed by atoms with E-state index in [1.807, 2.05) is 19.9 Å². The lowest BCUT2D eigenvalue weighted by Gasteiger charge is -2.08. The molecule has 1 aromatic heterocycles. The van der Waals surface area contributed by atoms with Crippen molar-refractivity contribution in [2.45, 2.75) is 34.2 Å². The molecular weight excluding hydrogens is 254 g/mol.